The Kier molecular flexibility index (Phi) is 3.60. The Morgan fingerprint density at radius 1 is 1.25 bits per heavy atom. The molecule has 126 valence electrons. The van der Waals surface area contributed by atoms with Crippen LogP contribution in [0.1, 0.15) is 57.2 Å². The van der Waals surface area contributed by atoms with Crippen molar-refractivity contribution in [3.63, 3.8) is 0 Å². The summed E-state index contributed by atoms with van der Waals surface area (Å²) in [6.07, 6.45) is 4.23. The highest BCUT2D eigenvalue weighted by atomic mass is 16.5. The van der Waals surface area contributed by atoms with Gasteiger partial charge in [0.2, 0.25) is 5.89 Å². The summed E-state index contributed by atoms with van der Waals surface area (Å²) in [4.78, 5) is 6.92. The average Bonchev–Trinajstić information content (AvgIpc) is 3.25. The van der Waals surface area contributed by atoms with Crippen LogP contribution in [0.25, 0.3) is 5.65 Å². The maximum absolute atomic E-state index is 5.41. The SMILES string of the molecule is CC(C)(C)c1nc(CN2CCC[C@H]2c2nnc3ccccn23)no1. The third kappa shape index (κ3) is 2.69. The zero-order valence-corrected chi connectivity index (χ0v) is 14.3. The molecule has 1 aliphatic rings. The first-order chi connectivity index (χ1) is 11.5. The molecule has 0 N–H and O–H groups in total. The van der Waals surface area contributed by atoms with Crippen LogP contribution in [0.3, 0.4) is 0 Å². The highest BCUT2D eigenvalue weighted by Gasteiger charge is 2.31. The molecule has 1 aliphatic heterocycles. The minimum Gasteiger partial charge on any atom is -0.339 e. The van der Waals surface area contributed by atoms with E-state index in [9.17, 15) is 0 Å². The van der Waals surface area contributed by atoms with Crippen LogP contribution in [0.4, 0.5) is 0 Å². The standard InChI is InChI=1S/C17H22N6O/c1-17(2,3)16-18-13(21-24-16)11-22-9-6-7-12(22)15-20-19-14-8-4-5-10-23(14)15/h4-5,8,10,12H,6-7,9,11H2,1-3H3/t12-/m0/s1. The fourth-order valence-corrected chi connectivity index (χ4v) is 3.20. The predicted octanol–water partition coefficient (Wildman–Crippen LogP) is 2.75. The molecule has 0 saturated carbocycles. The summed E-state index contributed by atoms with van der Waals surface area (Å²) in [6, 6.07) is 6.20. The monoisotopic (exact) mass is 326 g/mol. The summed E-state index contributed by atoms with van der Waals surface area (Å²) in [5.41, 5.74) is 0.757. The second-order valence-electron chi connectivity index (χ2n) is 7.38. The fourth-order valence-electron chi connectivity index (χ4n) is 3.20. The molecular formula is C17H22N6O. The third-order valence-electron chi connectivity index (χ3n) is 4.46. The van der Waals surface area contributed by atoms with E-state index in [0.29, 0.717) is 12.4 Å². The largest absolute Gasteiger partial charge is 0.339 e. The number of pyridine rings is 1. The lowest BCUT2D eigenvalue weighted by atomic mass is 9.97. The summed E-state index contributed by atoms with van der Waals surface area (Å²) >= 11 is 0. The average molecular weight is 326 g/mol. The van der Waals surface area contributed by atoms with Gasteiger partial charge in [-0.3, -0.25) is 9.30 Å². The molecule has 4 heterocycles. The van der Waals surface area contributed by atoms with Gasteiger partial charge in [-0.15, -0.1) is 10.2 Å². The lowest BCUT2D eigenvalue weighted by Crippen LogP contribution is -2.25. The van der Waals surface area contributed by atoms with E-state index < -0.39 is 0 Å². The van der Waals surface area contributed by atoms with Crippen LogP contribution in [0.5, 0.6) is 0 Å². The number of hydrogen-bond donors (Lipinski definition) is 0. The smallest absolute Gasteiger partial charge is 0.232 e. The van der Waals surface area contributed by atoms with Crippen molar-refractivity contribution in [1.29, 1.82) is 0 Å². The molecule has 1 saturated heterocycles. The van der Waals surface area contributed by atoms with Crippen molar-refractivity contribution in [2.24, 2.45) is 0 Å². The van der Waals surface area contributed by atoms with Crippen LogP contribution in [0, 0.1) is 0 Å². The van der Waals surface area contributed by atoms with Crippen molar-refractivity contribution < 1.29 is 4.52 Å². The molecule has 1 fully saturated rings. The van der Waals surface area contributed by atoms with Gasteiger partial charge in [0, 0.05) is 11.6 Å². The van der Waals surface area contributed by atoms with Crippen molar-refractivity contribution in [3.8, 4) is 0 Å². The van der Waals surface area contributed by atoms with Crippen LogP contribution in [0.2, 0.25) is 0 Å². The van der Waals surface area contributed by atoms with Crippen LogP contribution in [0.15, 0.2) is 28.9 Å². The Labute approximate surface area is 140 Å². The van der Waals surface area contributed by atoms with E-state index in [0.717, 1.165) is 36.7 Å². The summed E-state index contributed by atoms with van der Waals surface area (Å²) in [7, 11) is 0. The molecule has 0 spiro atoms. The Morgan fingerprint density at radius 3 is 2.92 bits per heavy atom. The first-order valence-electron chi connectivity index (χ1n) is 8.39. The molecule has 1 atom stereocenters. The minimum atomic E-state index is -0.126. The third-order valence-corrected chi connectivity index (χ3v) is 4.46. The van der Waals surface area contributed by atoms with E-state index in [-0.39, 0.29) is 11.5 Å². The van der Waals surface area contributed by atoms with Gasteiger partial charge in [0.05, 0.1) is 12.6 Å². The van der Waals surface area contributed by atoms with Crippen molar-refractivity contribution >= 4 is 5.65 Å². The van der Waals surface area contributed by atoms with Gasteiger partial charge >= 0.3 is 0 Å². The molecule has 0 bridgehead atoms. The van der Waals surface area contributed by atoms with Crippen LogP contribution in [-0.2, 0) is 12.0 Å². The maximum Gasteiger partial charge on any atom is 0.232 e. The quantitative estimate of drug-likeness (QED) is 0.737. The number of aromatic nitrogens is 5. The zero-order valence-electron chi connectivity index (χ0n) is 14.3. The van der Waals surface area contributed by atoms with Gasteiger partial charge in [-0.2, -0.15) is 4.98 Å². The van der Waals surface area contributed by atoms with Crippen LogP contribution in [-0.4, -0.2) is 36.2 Å². The molecule has 0 amide bonds. The van der Waals surface area contributed by atoms with Gasteiger partial charge in [0.15, 0.2) is 17.3 Å². The lowest BCUT2D eigenvalue weighted by molar-refractivity contribution is 0.228. The molecular weight excluding hydrogens is 304 g/mol. The number of likely N-dealkylation sites (tertiary alicyclic amines) is 1. The van der Waals surface area contributed by atoms with Crippen molar-refractivity contribution in [3.05, 3.63) is 41.9 Å². The predicted molar refractivity (Wildman–Crippen MR) is 88.4 cm³/mol. The zero-order chi connectivity index (χ0) is 16.7. The molecule has 0 unspecified atom stereocenters. The number of nitrogens with zero attached hydrogens (tertiary/aromatic N) is 6. The Bertz CT molecular complexity index is 846. The molecule has 0 radical (unpaired) electrons. The van der Waals surface area contributed by atoms with Crippen molar-refractivity contribution in [2.45, 2.75) is 51.6 Å². The van der Waals surface area contributed by atoms with Crippen molar-refractivity contribution in [1.82, 2.24) is 29.6 Å². The highest BCUT2D eigenvalue weighted by molar-refractivity contribution is 5.37. The van der Waals surface area contributed by atoms with Gasteiger partial charge in [-0.05, 0) is 31.5 Å². The van der Waals surface area contributed by atoms with Crippen LogP contribution >= 0.6 is 0 Å². The van der Waals surface area contributed by atoms with Gasteiger partial charge in [-0.25, -0.2) is 0 Å². The van der Waals surface area contributed by atoms with E-state index in [2.05, 4.69) is 50.4 Å². The first-order valence-corrected chi connectivity index (χ1v) is 8.39. The van der Waals surface area contributed by atoms with E-state index in [1.807, 2.05) is 24.4 Å². The summed E-state index contributed by atoms with van der Waals surface area (Å²) < 4.78 is 7.48. The Morgan fingerprint density at radius 2 is 2.12 bits per heavy atom. The second kappa shape index (κ2) is 5.66. The molecule has 3 aromatic heterocycles. The lowest BCUT2D eigenvalue weighted by Gasteiger charge is -2.21. The van der Waals surface area contributed by atoms with E-state index >= 15 is 0 Å². The van der Waals surface area contributed by atoms with Gasteiger partial charge in [-0.1, -0.05) is 32.0 Å². The maximum atomic E-state index is 5.41. The van der Waals surface area contributed by atoms with E-state index in [1.54, 1.807) is 0 Å². The molecule has 0 aliphatic carbocycles. The molecule has 7 heteroatoms. The van der Waals surface area contributed by atoms with Gasteiger partial charge in [0.1, 0.15) is 0 Å². The Hall–Kier alpha value is -2.28. The molecule has 4 rings (SSSR count). The molecule has 7 nitrogen and oxygen atoms in total. The number of rotatable bonds is 3. The Balaban J connectivity index is 1.58. The first kappa shape index (κ1) is 15.3. The van der Waals surface area contributed by atoms with E-state index in [1.165, 1.54) is 0 Å². The summed E-state index contributed by atoms with van der Waals surface area (Å²) in [6.45, 7) is 7.90. The second-order valence-corrected chi connectivity index (χ2v) is 7.38. The number of hydrogen-bond acceptors (Lipinski definition) is 6. The molecule has 3 aromatic rings. The van der Waals surface area contributed by atoms with E-state index in [4.69, 9.17) is 4.52 Å². The highest BCUT2D eigenvalue weighted by Crippen LogP contribution is 2.32. The van der Waals surface area contributed by atoms with Crippen LogP contribution < -0.4 is 0 Å². The number of fused-ring (bicyclic) bond motifs is 1. The summed E-state index contributed by atoms with van der Waals surface area (Å²) in [5.74, 6) is 2.41. The molecule has 0 aromatic carbocycles. The van der Waals surface area contributed by atoms with Gasteiger partial charge in [0.25, 0.3) is 0 Å². The fraction of sp³-hybridized carbons (Fsp3) is 0.529. The van der Waals surface area contributed by atoms with Gasteiger partial charge < -0.3 is 4.52 Å². The minimum absolute atomic E-state index is 0.126. The molecule has 24 heavy (non-hydrogen) atoms. The van der Waals surface area contributed by atoms with Crippen molar-refractivity contribution in [2.75, 3.05) is 6.54 Å². The topological polar surface area (TPSA) is 72.4 Å². The summed E-state index contributed by atoms with van der Waals surface area (Å²) in [5, 5.41) is 12.9. The normalized spacial score (nSPS) is 19.4.